The molecule has 1 saturated heterocycles. The molecule has 1 fully saturated rings. The van der Waals surface area contributed by atoms with Gasteiger partial charge < -0.3 is 15.0 Å². The number of aromatic nitrogens is 2. The van der Waals surface area contributed by atoms with Crippen LogP contribution in [-0.4, -0.2) is 40.0 Å². The summed E-state index contributed by atoms with van der Waals surface area (Å²) in [5.74, 6) is -0.171. The Labute approximate surface area is 191 Å². The first kappa shape index (κ1) is 24.0. The molecule has 0 spiro atoms. The Morgan fingerprint density at radius 2 is 2.03 bits per heavy atom. The minimum Gasteiger partial charge on any atom is -0.444 e. The lowest BCUT2D eigenvalue weighted by molar-refractivity contribution is 0.0500. The Bertz CT molecular complexity index is 1210. The Balaban J connectivity index is 1.94. The number of hydrogen-bond donors (Lipinski definition) is 1. The van der Waals surface area contributed by atoms with Crippen LogP contribution in [0, 0.1) is 17.1 Å². The highest BCUT2D eigenvalue weighted by Crippen LogP contribution is 2.21. The van der Waals surface area contributed by atoms with Crippen LogP contribution < -0.4 is 21.5 Å². The third-order valence-electron chi connectivity index (χ3n) is 5.36. The number of ether oxygens (including phenoxy) is 1. The fourth-order valence-electron chi connectivity index (χ4n) is 3.82. The fraction of sp³-hybridized carbons (Fsp3) is 0.478. The van der Waals surface area contributed by atoms with E-state index in [9.17, 15) is 24.0 Å². The van der Waals surface area contributed by atoms with E-state index >= 15 is 0 Å². The number of piperidine rings is 1. The van der Waals surface area contributed by atoms with Crippen LogP contribution in [0.5, 0.6) is 0 Å². The molecule has 1 atom stereocenters. The van der Waals surface area contributed by atoms with E-state index in [1.807, 2.05) is 11.0 Å². The summed E-state index contributed by atoms with van der Waals surface area (Å²) in [5, 5.41) is 12.2. The highest BCUT2D eigenvalue weighted by Gasteiger charge is 2.26. The molecule has 1 aliphatic rings. The Morgan fingerprint density at radius 1 is 1.30 bits per heavy atom. The van der Waals surface area contributed by atoms with Crippen LogP contribution in [-0.2, 0) is 18.3 Å². The van der Waals surface area contributed by atoms with Gasteiger partial charge in [0.2, 0.25) is 0 Å². The lowest BCUT2D eigenvalue weighted by Crippen LogP contribution is -2.51. The molecule has 0 aliphatic carbocycles. The standard InChI is InChI=1S/C23H28FN5O4/c1-23(2,3)33-21(31)26-18-6-5-9-28(14-18)19-11-20(30)27(4)22(32)29(19)13-16-10-17(24)8-7-15(16)12-25/h7-8,10-11,18H,5-6,9,13-14H2,1-4H3,(H,26,31)/t18-/m0/s1. The third kappa shape index (κ3) is 5.80. The molecule has 33 heavy (non-hydrogen) atoms. The first-order valence-electron chi connectivity index (χ1n) is 10.7. The van der Waals surface area contributed by atoms with Crippen molar-refractivity contribution in [3.8, 4) is 6.07 Å². The van der Waals surface area contributed by atoms with E-state index in [2.05, 4.69) is 5.32 Å². The summed E-state index contributed by atoms with van der Waals surface area (Å²) in [6.07, 6.45) is 0.898. The zero-order valence-electron chi connectivity index (χ0n) is 19.2. The molecule has 0 unspecified atom stereocenters. The maximum absolute atomic E-state index is 13.9. The second-order valence-electron chi connectivity index (χ2n) is 9.11. The van der Waals surface area contributed by atoms with E-state index in [1.54, 1.807) is 20.8 Å². The van der Waals surface area contributed by atoms with Gasteiger partial charge in [-0.2, -0.15) is 5.26 Å². The number of rotatable bonds is 4. The van der Waals surface area contributed by atoms with Gasteiger partial charge in [0.05, 0.1) is 18.2 Å². The van der Waals surface area contributed by atoms with Gasteiger partial charge in [0.15, 0.2) is 0 Å². The average Bonchev–Trinajstić information content (AvgIpc) is 2.73. The molecule has 3 rings (SSSR count). The van der Waals surface area contributed by atoms with Gasteiger partial charge in [-0.1, -0.05) is 0 Å². The van der Waals surface area contributed by atoms with Gasteiger partial charge in [-0.15, -0.1) is 0 Å². The molecule has 9 nitrogen and oxygen atoms in total. The number of benzene rings is 1. The van der Waals surface area contributed by atoms with Gasteiger partial charge in [-0.25, -0.2) is 14.0 Å². The number of amides is 1. The number of anilines is 1. The minimum absolute atomic E-state index is 0.0798. The van der Waals surface area contributed by atoms with Crippen LogP contribution in [0.1, 0.15) is 44.7 Å². The van der Waals surface area contributed by atoms with Crippen molar-refractivity contribution < 1.29 is 13.9 Å². The van der Waals surface area contributed by atoms with Crippen molar-refractivity contribution in [1.29, 1.82) is 5.26 Å². The van der Waals surface area contributed by atoms with Crippen LogP contribution in [0.2, 0.25) is 0 Å². The lowest BCUT2D eigenvalue weighted by Gasteiger charge is -2.36. The van der Waals surface area contributed by atoms with Gasteiger partial charge in [0.1, 0.15) is 17.2 Å². The summed E-state index contributed by atoms with van der Waals surface area (Å²) < 4.78 is 21.5. The number of carbonyl (C=O) groups excluding carboxylic acids is 1. The molecular formula is C23H28FN5O4. The molecule has 1 aromatic carbocycles. The highest BCUT2D eigenvalue weighted by molar-refractivity contribution is 5.68. The Kier molecular flexibility index (Phi) is 6.91. The second-order valence-corrected chi connectivity index (χ2v) is 9.11. The monoisotopic (exact) mass is 457 g/mol. The molecule has 2 aromatic rings. The topological polar surface area (TPSA) is 109 Å². The van der Waals surface area contributed by atoms with Crippen molar-refractivity contribution in [2.24, 2.45) is 7.05 Å². The van der Waals surface area contributed by atoms with Crippen LogP contribution in [0.4, 0.5) is 15.0 Å². The van der Waals surface area contributed by atoms with Gasteiger partial charge in [0, 0.05) is 32.2 Å². The SMILES string of the molecule is Cn1c(=O)cc(N2CCC[C@H](NC(=O)OC(C)(C)C)C2)n(Cc2cc(F)ccc2C#N)c1=O. The first-order chi connectivity index (χ1) is 15.5. The number of halogens is 1. The van der Waals surface area contributed by atoms with Gasteiger partial charge in [0.25, 0.3) is 5.56 Å². The zero-order valence-corrected chi connectivity index (χ0v) is 19.2. The number of alkyl carbamates (subject to hydrolysis) is 1. The number of nitrogens with one attached hydrogen (secondary N) is 1. The molecule has 1 amide bonds. The van der Waals surface area contributed by atoms with Gasteiger partial charge >= 0.3 is 11.8 Å². The van der Waals surface area contributed by atoms with Crippen LogP contribution in [0.15, 0.2) is 33.9 Å². The summed E-state index contributed by atoms with van der Waals surface area (Å²) in [4.78, 5) is 39.5. The van der Waals surface area contributed by atoms with E-state index in [0.29, 0.717) is 37.3 Å². The van der Waals surface area contributed by atoms with Crippen molar-refractivity contribution in [3.05, 3.63) is 62.0 Å². The molecule has 176 valence electrons. The molecule has 10 heteroatoms. The Morgan fingerprint density at radius 3 is 2.70 bits per heavy atom. The number of nitrogens with zero attached hydrogens (tertiary/aromatic N) is 4. The molecule has 2 heterocycles. The predicted molar refractivity (Wildman–Crippen MR) is 121 cm³/mol. The van der Waals surface area contributed by atoms with Gasteiger partial charge in [-0.3, -0.25) is 13.9 Å². The van der Waals surface area contributed by atoms with Crippen molar-refractivity contribution >= 4 is 11.9 Å². The van der Waals surface area contributed by atoms with E-state index in [1.165, 1.54) is 35.9 Å². The quantitative estimate of drug-likeness (QED) is 0.753. The van der Waals surface area contributed by atoms with E-state index in [4.69, 9.17) is 4.74 Å². The molecule has 0 radical (unpaired) electrons. The molecule has 0 saturated carbocycles. The van der Waals surface area contributed by atoms with E-state index in [0.717, 1.165) is 4.57 Å². The van der Waals surface area contributed by atoms with Crippen molar-refractivity contribution in [2.75, 3.05) is 18.0 Å². The molecule has 1 aliphatic heterocycles. The smallest absolute Gasteiger partial charge is 0.407 e. The average molecular weight is 458 g/mol. The number of nitriles is 1. The maximum Gasteiger partial charge on any atom is 0.407 e. The van der Waals surface area contributed by atoms with Crippen molar-refractivity contribution in [3.63, 3.8) is 0 Å². The van der Waals surface area contributed by atoms with Crippen molar-refractivity contribution in [2.45, 2.75) is 51.8 Å². The summed E-state index contributed by atoms with van der Waals surface area (Å²) in [6, 6.07) is 6.87. The summed E-state index contributed by atoms with van der Waals surface area (Å²) in [5.41, 5.74) is -1.11. The normalized spacial score (nSPS) is 16.2. The second kappa shape index (κ2) is 9.48. The summed E-state index contributed by atoms with van der Waals surface area (Å²) in [6.45, 7) is 6.18. The van der Waals surface area contributed by atoms with E-state index < -0.39 is 28.8 Å². The lowest BCUT2D eigenvalue weighted by atomic mass is 10.1. The van der Waals surface area contributed by atoms with Crippen LogP contribution in [0.3, 0.4) is 0 Å². The maximum atomic E-state index is 13.9. The predicted octanol–water partition coefficient (Wildman–Crippen LogP) is 2.10. The minimum atomic E-state index is -0.631. The summed E-state index contributed by atoms with van der Waals surface area (Å²) >= 11 is 0. The molecule has 1 aromatic heterocycles. The van der Waals surface area contributed by atoms with Gasteiger partial charge in [-0.05, 0) is 57.4 Å². The first-order valence-corrected chi connectivity index (χ1v) is 10.7. The molecular weight excluding hydrogens is 429 g/mol. The largest absolute Gasteiger partial charge is 0.444 e. The Hall–Kier alpha value is -3.61. The van der Waals surface area contributed by atoms with Crippen molar-refractivity contribution in [1.82, 2.24) is 14.5 Å². The highest BCUT2D eigenvalue weighted by atomic mass is 19.1. The zero-order chi connectivity index (χ0) is 24.3. The number of carbonyl (C=O) groups is 1. The fourth-order valence-corrected chi connectivity index (χ4v) is 3.82. The van der Waals surface area contributed by atoms with Crippen LogP contribution in [0.25, 0.3) is 0 Å². The third-order valence-corrected chi connectivity index (χ3v) is 5.36. The molecule has 0 bridgehead atoms. The number of hydrogen-bond acceptors (Lipinski definition) is 6. The summed E-state index contributed by atoms with van der Waals surface area (Å²) in [7, 11) is 1.37. The van der Waals surface area contributed by atoms with Crippen LogP contribution >= 0.6 is 0 Å². The molecule has 1 N–H and O–H groups in total. The van der Waals surface area contributed by atoms with E-state index in [-0.39, 0.29) is 18.2 Å².